The highest BCUT2D eigenvalue weighted by Crippen LogP contribution is 2.43. The highest BCUT2D eigenvalue weighted by molar-refractivity contribution is 6.24. The number of carbonyl (C=O) groups excluding carboxylic acids is 2. The first kappa shape index (κ1) is 31.2. The molecule has 44 heavy (non-hydrogen) atoms. The number of benzene rings is 2. The Bertz CT molecular complexity index is 1660. The molecule has 0 saturated carbocycles. The summed E-state index contributed by atoms with van der Waals surface area (Å²) in [4.78, 5) is 31.0. The molecule has 0 bridgehead atoms. The van der Waals surface area contributed by atoms with E-state index in [1.807, 2.05) is 6.92 Å². The van der Waals surface area contributed by atoms with Crippen LogP contribution in [-0.4, -0.2) is 38.9 Å². The Morgan fingerprint density at radius 1 is 1.02 bits per heavy atom. The van der Waals surface area contributed by atoms with E-state index in [-0.39, 0.29) is 34.5 Å². The molecule has 1 N–H and O–H groups in total. The third-order valence-corrected chi connectivity index (χ3v) is 8.30. The first-order chi connectivity index (χ1) is 20.5. The zero-order valence-corrected chi connectivity index (χ0v) is 23.8. The fourth-order valence-electron chi connectivity index (χ4n) is 5.78. The molecule has 1 saturated heterocycles. The SMILES string of the molecule is CC1=C(C(=O)Nc2ccc(C(F)(F)F)cc2-c2ccc(C(F)(F)F)nc2)C(=O)N(Cc2cccc(C)c2F)N2CCCC12C. The van der Waals surface area contributed by atoms with Crippen LogP contribution in [0.3, 0.4) is 0 Å². The predicted octanol–water partition coefficient (Wildman–Crippen LogP) is 7.30. The number of hydrogen-bond donors (Lipinski definition) is 1. The number of amides is 2. The number of carbonyl (C=O) groups is 2. The molecule has 13 heteroatoms. The van der Waals surface area contributed by atoms with Gasteiger partial charge in [-0.2, -0.15) is 26.3 Å². The van der Waals surface area contributed by atoms with E-state index in [4.69, 9.17) is 0 Å². The number of nitrogens with zero attached hydrogens (tertiary/aromatic N) is 3. The van der Waals surface area contributed by atoms with E-state index in [9.17, 15) is 40.3 Å². The number of hydrogen-bond acceptors (Lipinski definition) is 4. The molecule has 0 aliphatic carbocycles. The molecular formula is C31H27F7N4O2. The van der Waals surface area contributed by atoms with Crippen molar-refractivity contribution in [2.45, 2.75) is 58.0 Å². The van der Waals surface area contributed by atoms with Gasteiger partial charge in [-0.05, 0) is 69.0 Å². The molecule has 2 aromatic carbocycles. The number of alkyl halides is 6. The van der Waals surface area contributed by atoms with Gasteiger partial charge in [-0.15, -0.1) is 0 Å². The Labute approximate surface area is 248 Å². The smallest absolute Gasteiger partial charge is 0.321 e. The molecule has 2 aliphatic heterocycles. The number of aromatic nitrogens is 1. The molecule has 2 aliphatic rings. The monoisotopic (exact) mass is 620 g/mol. The van der Waals surface area contributed by atoms with Gasteiger partial charge in [-0.25, -0.2) is 9.40 Å². The van der Waals surface area contributed by atoms with Crippen LogP contribution in [0.2, 0.25) is 0 Å². The van der Waals surface area contributed by atoms with Crippen molar-refractivity contribution in [2.75, 3.05) is 11.9 Å². The summed E-state index contributed by atoms with van der Waals surface area (Å²) >= 11 is 0. The van der Waals surface area contributed by atoms with Crippen molar-refractivity contribution >= 4 is 17.5 Å². The lowest BCUT2D eigenvalue weighted by Gasteiger charge is -2.48. The van der Waals surface area contributed by atoms with E-state index in [0.717, 1.165) is 18.3 Å². The van der Waals surface area contributed by atoms with Crippen molar-refractivity contribution in [3.8, 4) is 11.1 Å². The van der Waals surface area contributed by atoms with Crippen molar-refractivity contribution in [1.29, 1.82) is 0 Å². The molecular weight excluding hydrogens is 593 g/mol. The first-order valence-electron chi connectivity index (χ1n) is 13.6. The maximum Gasteiger partial charge on any atom is 0.433 e. The summed E-state index contributed by atoms with van der Waals surface area (Å²) in [6, 6.07) is 8.74. The predicted molar refractivity (Wildman–Crippen MR) is 147 cm³/mol. The normalized spacial score (nSPS) is 19.4. The van der Waals surface area contributed by atoms with E-state index >= 15 is 0 Å². The van der Waals surface area contributed by atoms with E-state index in [0.29, 0.717) is 48.7 Å². The molecule has 232 valence electrons. The van der Waals surface area contributed by atoms with Gasteiger partial charge < -0.3 is 5.32 Å². The van der Waals surface area contributed by atoms with Crippen LogP contribution in [0.15, 0.2) is 65.9 Å². The number of fused-ring (bicyclic) bond motifs is 1. The average Bonchev–Trinajstić information content (AvgIpc) is 3.35. The zero-order valence-electron chi connectivity index (χ0n) is 23.8. The van der Waals surface area contributed by atoms with Crippen LogP contribution in [0, 0.1) is 12.7 Å². The van der Waals surface area contributed by atoms with Crippen molar-refractivity contribution in [1.82, 2.24) is 15.0 Å². The highest BCUT2D eigenvalue weighted by Gasteiger charge is 2.50. The maximum atomic E-state index is 15.0. The van der Waals surface area contributed by atoms with Crippen molar-refractivity contribution in [3.05, 3.63) is 94.1 Å². The van der Waals surface area contributed by atoms with E-state index in [2.05, 4.69) is 10.3 Å². The van der Waals surface area contributed by atoms with Crippen LogP contribution in [0.4, 0.5) is 36.4 Å². The van der Waals surface area contributed by atoms with Crippen molar-refractivity contribution in [3.63, 3.8) is 0 Å². The van der Waals surface area contributed by atoms with Gasteiger partial charge >= 0.3 is 12.4 Å². The summed E-state index contributed by atoms with van der Waals surface area (Å²) in [6.45, 7) is 5.39. The average molecular weight is 621 g/mol. The van der Waals surface area contributed by atoms with Gasteiger partial charge in [0.15, 0.2) is 0 Å². The van der Waals surface area contributed by atoms with Gasteiger partial charge in [-0.1, -0.05) is 24.3 Å². The summed E-state index contributed by atoms with van der Waals surface area (Å²) < 4.78 is 95.0. The highest BCUT2D eigenvalue weighted by atomic mass is 19.4. The fourth-order valence-corrected chi connectivity index (χ4v) is 5.78. The minimum Gasteiger partial charge on any atom is -0.321 e. The Morgan fingerprint density at radius 3 is 2.39 bits per heavy atom. The second-order valence-electron chi connectivity index (χ2n) is 11.1. The van der Waals surface area contributed by atoms with E-state index < -0.39 is 46.8 Å². The van der Waals surface area contributed by atoms with Gasteiger partial charge in [0.25, 0.3) is 11.8 Å². The summed E-state index contributed by atoms with van der Waals surface area (Å²) in [5.41, 5.74) is -2.86. The lowest BCUT2D eigenvalue weighted by Crippen LogP contribution is -2.60. The Balaban J connectivity index is 1.54. The molecule has 2 amide bonds. The quantitative estimate of drug-likeness (QED) is 0.240. The van der Waals surface area contributed by atoms with Crippen LogP contribution in [0.5, 0.6) is 0 Å². The number of nitrogens with one attached hydrogen (secondary N) is 1. The van der Waals surface area contributed by atoms with Crippen molar-refractivity contribution in [2.24, 2.45) is 0 Å². The number of anilines is 1. The van der Waals surface area contributed by atoms with Gasteiger partial charge in [-0.3, -0.25) is 19.6 Å². The standard InChI is InChI=1S/C31H27F7N4O2/c1-17-6-4-7-20(26(17)32)16-41-28(44)25(18(2)29(3)12-5-13-42(29)41)27(43)40-23-10-9-21(30(33,34)35)14-22(23)19-8-11-24(39-15-19)31(36,37)38/h4,6-11,14-15H,5,12-13,16H2,1-3H3,(H,40,43). The van der Waals surface area contributed by atoms with Gasteiger partial charge in [0.1, 0.15) is 17.1 Å². The number of rotatable bonds is 5. The van der Waals surface area contributed by atoms with Crippen LogP contribution in [-0.2, 0) is 28.5 Å². The summed E-state index contributed by atoms with van der Waals surface area (Å²) in [5.74, 6) is -2.13. The number of aryl methyl sites for hydroxylation is 1. The second kappa shape index (κ2) is 11.0. The minimum absolute atomic E-state index is 0.120. The molecule has 5 rings (SSSR count). The lowest BCUT2D eigenvalue weighted by atomic mass is 9.84. The molecule has 3 heterocycles. The molecule has 0 radical (unpaired) electrons. The molecule has 1 atom stereocenters. The van der Waals surface area contributed by atoms with Crippen LogP contribution in [0.1, 0.15) is 49.1 Å². The first-order valence-corrected chi connectivity index (χ1v) is 13.6. The van der Waals surface area contributed by atoms with Crippen LogP contribution in [0.25, 0.3) is 11.1 Å². The van der Waals surface area contributed by atoms with Gasteiger partial charge in [0.05, 0.1) is 17.6 Å². The Hall–Kier alpha value is -4.26. The Morgan fingerprint density at radius 2 is 1.75 bits per heavy atom. The zero-order chi connectivity index (χ0) is 32.2. The minimum atomic E-state index is -4.79. The second-order valence-corrected chi connectivity index (χ2v) is 11.1. The largest absolute Gasteiger partial charge is 0.433 e. The molecule has 6 nitrogen and oxygen atoms in total. The fraction of sp³-hybridized carbons (Fsp3) is 0.323. The summed E-state index contributed by atoms with van der Waals surface area (Å²) in [5, 5.41) is 5.64. The van der Waals surface area contributed by atoms with Crippen LogP contribution >= 0.6 is 0 Å². The lowest BCUT2D eigenvalue weighted by molar-refractivity contribution is -0.157. The maximum absolute atomic E-state index is 15.0. The third-order valence-electron chi connectivity index (χ3n) is 8.30. The van der Waals surface area contributed by atoms with Crippen molar-refractivity contribution < 1.29 is 40.3 Å². The molecule has 3 aromatic rings. The Kier molecular flexibility index (Phi) is 7.81. The van der Waals surface area contributed by atoms with Crippen LogP contribution < -0.4 is 5.32 Å². The summed E-state index contributed by atoms with van der Waals surface area (Å²) in [7, 11) is 0. The van der Waals surface area contributed by atoms with E-state index in [1.54, 1.807) is 37.1 Å². The molecule has 0 spiro atoms. The molecule has 1 unspecified atom stereocenters. The third kappa shape index (κ3) is 5.56. The van der Waals surface area contributed by atoms with Gasteiger partial charge in [0.2, 0.25) is 0 Å². The number of halogens is 7. The van der Waals surface area contributed by atoms with Gasteiger partial charge in [0, 0.05) is 35.1 Å². The number of hydrazine groups is 1. The van der Waals surface area contributed by atoms with E-state index in [1.165, 1.54) is 5.01 Å². The molecule has 1 fully saturated rings. The molecule has 1 aromatic heterocycles. The summed E-state index contributed by atoms with van der Waals surface area (Å²) in [6.07, 6.45) is -7.53. The number of pyridine rings is 1. The topological polar surface area (TPSA) is 65.5 Å².